The molecule has 6 nitrogen and oxygen atoms in total. The number of amides is 1. The second kappa shape index (κ2) is 57.2. The molecule has 0 aromatic carbocycles. The number of carbonyl (C=O) groups is 2. The van der Waals surface area contributed by atoms with Gasteiger partial charge >= 0.3 is 5.97 Å². The van der Waals surface area contributed by atoms with Crippen molar-refractivity contribution in [3.63, 3.8) is 0 Å². The zero-order valence-corrected chi connectivity index (χ0v) is 45.4. The Morgan fingerprint density at radius 1 is 0.403 bits per heavy atom. The average molecular weight is 947 g/mol. The number of aliphatic hydroxyl groups excluding tert-OH is 2. The fourth-order valence-corrected chi connectivity index (χ4v) is 9.64. The zero-order chi connectivity index (χ0) is 48.6. The van der Waals surface area contributed by atoms with Gasteiger partial charge in [-0.05, 0) is 51.4 Å². The highest BCUT2D eigenvalue weighted by atomic mass is 16.5. The number of allylic oxidation sites excluding steroid dienone is 2. The van der Waals surface area contributed by atoms with Crippen LogP contribution in [-0.2, 0) is 14.3 Å². The monoisotopic (exact) mass is 946 g/mol. The van der Waals surface area contributed by atoms with Crippen LogP contribution >= 0.6 is 0 Å². The van der Waals surface area contributed by atoms with Gasteiger partial charge in [-0.3, -0.25) is 9.59 Å². The molecule has 0 radical (unpaired) electrons. The fourth-order valence-electron chi connectivity index (χ4n) is 9.64. The molecule has 67 heavy (non-hydrogen) atoms. The van der Waals surface area contributed by atoms with E-state index in [0.717, 1.165) is 44.9 Å². The van der Waals surface area contributed by atoms with E-state index >= 15 is 0 Å². The van der Waals surface area contributed by atoms with Crippen molar-refractivity contribution in [2.75, 3.05) is 13.2 Å². The number of esters is 1. The molecule has 0 saturated heterocycles. The third-order valence-corrected chi connectivity index (χ3v) is 14.3. The topological polar surface area (TPSA) is 95.9 Å². The van der Waals surface area contributed by atoms with Gasteiger partial charge in [-0.15, -0.1) is 0 Å². The van der Waals surface area contributed by atoms with E-state index in [-0.39, 0.29) is 18.5 Å². The van der Waals surface area contributed by atoms with Gasteiger partial charge in [0.1, 0.15) is 0 Å². The number of carbonyl (C=O) groups excluding carboxylic acids is 2. The molecule has 3 N–H and O–H groups in total. The Hall–Kier alpha value is -1.40. The summed E-state index contributed by atoms with van der Waals surface area (Å²) in [6.07, 6.45) is 67.9. The number of rotatable bonds is 57. The molecule has 0 spiro atoms. The summed E-state index contributed by atoms with van der Waals surface area (Å²) < 4.78 is 5.47. The molecule has 1 amide bonds. The van der Waals surface area contributed by atoms with Crippen molar-refractivity contribution < 1.29 is 24.5 Å². The SMILES string of the molecule is CCCCC/C=C\CCCCCCCC(=O)OCCCCCCCCCCCCCCCCCCCCCCCCCCCC(=O)NC(CO)C(O)CCCCCCCCCCCCCCC. The van der Waals surface area contributed by atoms with Crippen molar-refractivity contribution in [1.29, 1.82) is 0 Å². The highest BCUT2D eigenvalue weighted by Gasteiger charge is 2.20. The molecule has 398 valence electrons. The van der Waals surface area contributed by atoms with E-state index in [0.29, 0.717) is 25.9 Å². The molecule has 6 heteroatoms. The van der Waals surface area contributed by atoms with Crippen LogP contribution in [-0.4, -0.2) is 47.4 Å². The van der Waals surface area contributed by atoms with Crippen LogP contribution in [0.25, 0.3) is 0 Å². The number of aliphatic hydroxyl groups is 2. The minimum absolute atomic E-state index is 0.00671. The van der Waals surface area contributed by atoms with Crippen LogP contribution in [0.1, 0.15) is 341 Å². The van der Waals surface area contributed by atoms with E-state index in [1.165, 1.54) is 263 Å². The van der Waals surface area contributed by atoms with Crippen molar-refractivity contribution in [3.8, 4) is 0 Å². The van der Waals surface area contributed by atoms with E-state index in [1.807, 2.05) is 0 Å². The van der Waals surface area contributed by atoms with Gasteiger partial charge < -0.3 is 20.3 Å². The summed E-state index contributed by atoms with van der Waals surface area (Å²) in [5.41, 5.74) is 0. The molecular weight excluding hydrogens is 827 g/mol. The average Bonchev–Trinajstić information content (AvgIpc) is 3.33. The molecule has 2 atom stereocenters. The van der Waals surface area contributed by atoms with Crippen LogP contribution in [0.3, 0.4) is 0 Å². The fraction of sp³-hybridized carbons (Fsp3) is 0.934. The number of hydrogen-bond donors (Lipinski definition) is 3. The number of nitrogens with one attached hydrogen (secondary N) is 1. The van der Waals surface area contributed by atoms with Crippen molar-refractivity contribution in [2.24, 2.45) is 0 Å². The zero-order valence-electron chi connectivity index (χ0n) is 45.4. The van der Waals surface area contributed by atoms with Crippen LogP contribution in [0.2, 0.25) is 0 Å². The molecule has 0 bridgehead atoms. The van der Waals surface area contributed by atoms with Crippen LogP contribution in [0.5, 0.6) is 0 Å². The first-order chi connectivity index (χ1) is 33.0. The van der Waals surface area contributed by atoms with Crippen LogP contribution in [0.15, 0.2) is 12.2 Å². The predicted octanol–water partition coefficient (Wildman–Crippen LogP) is 18.9. The molecule has 0 heterocycles. The second-order valence-electron chi connectivity index (χ2n) is 21.0. The molecular formula is C61H119NO5. The Morgan fingerprint density at radius 2 is 0.701 bits per heavy atom. The molecule has 0 aliphatic carbocycles. The molecule has 0 saturated carbocycles. The third-order valence-electron chi connectivity index (χ3n) is 14.3. The lowest BCUT2D eigenvalue weighted by atomic mass is 10.0. The molecule has 0 aromatic rings. The first kappa shape index (κ1) is 65.6. The predicted molar refractivity (Wildman–Crippen MR) is 292 cm³/mol. The van der Waals surface area contributed by atoms with Crippen molar-refractivity contribution in [1.82, 2.24) is 5.32 Å². The van der Waals surface area contributed by atoms with E-state index in [4.69, 9.17) is 4.74 Å². The summed E-state index contributed by atoms with van der Waals surface area (Å²) >= 11 is 0. The van der Waals surface area contributed by atoms with Crippen LogP contribution in [0.4, 0.5) is 0 Å². The van der Waals surface area contributed by atoms with Gasteiger partial charge in [0.25, 0.3) is 0 Å². The van der Waals surface area contributed by atoms with Gasteiger partial charge in [0.15, 0.2) is 0 Å². The first-order valence-corrected chi connectivity index (χ1v) is 30.4. The molecule has 0 fully saturated rings. The van der Waals surface area contributed by atoms with Crippen molar-refractivity contribution in [2.45, 2.75) is 353 Å². The maximum atomic E-state index is 12.5. The molecule has 0 rings (SSSR count). The van der Waals surface area contributed by atoms with Crippen molar-refractivity contribution >= 4 is 11.9 Å². The Kier molecular flexibility index (Phi) is 56.0. The van der Waals surface area contributed by atoms with Crippen molar-refractivity contribution in [3.05, 3.63) is 12.2 Å². The van der Waals surface area contributed by atoms with Gasteiger partial charge in [0, 0.05) is 12.8 Å². The molecule has 0 aliphatic heterocycles. The van der Waals surface area contributed by atoms with Gasteiger partial charge in [-0.25, -0.2) is 0 Å². The third kappa shape index (κ3) is 53.8. The highest BCUT2D eigenvalue weighted by molar-refractivity contribution is 5.76. The number of unbranched alkanes of at least 4 members (excludes halogenated alkanes) is 44. The summed E-state index contributed by atoms with van der Waals surface area (Å²) in [5.74, 6) is -0.0250. The summed E-state index contributed by atoms with van der Waals surface area (Å²) in [6, 6.07) is -0.538. The summed E-state index contributed by atoms with van der Waals surface area (Å²) in [5, 5.41) is 23.2. The first-order valence-electron chi connectivity index (χ1n) is 30.4. The maximum Gasteiger partial charge on any atom is 0.305 e. The lowest BCUT2D eigenvalue weighted by Crippen LogP contribution is -2.45. The standard InChI is InChI=1S/C61H119NO5/c1-3-5-7-9-11-13-15-30-33-37-41-45-49-53-59(64)58(57-63)62-60(65)54-50-46-42-38-34-31-28-26-24-22-20-18-17-19-21-23-25-27-29-32-36-40-44-48-52-56-67-61(66)55-51-47-43-39-35-16-14-12-10-8-6-4-2/h12,14,58-59,63-64H,3-11,13,15-57H2,1-2H3,(H,62,65)/b14-12-. The number of ether oxygens (including phenoxy) is 1. The minimum atomic E-state index is -0.661. The van der Waals surface area contributed by atoms with E-state index < -0.39 is 12.1 Å². The van der Waals surface area contributed by atoms with E-state index in [2.05, 4.69) is 31.3 Å². The van der Waals surface area contributed by atoms with E-state index in [1.54, 1.807) is 0 Å². The molecule has 0 aromatic heterocycles. The Bertz CT molecular complexity index is 1000. The summed E-state index contributed by atoms with van der Waals surface area (Å²) in [6.45, 7) is 4.94. The van der Waals surface area contributed by atoms with Gasteiger partial charge in [0.2, 0.25) is 5.91 Å². The van der Waals surface area contributed by atoms with E-state index in [9.17, 15) is 19.8 Å². The quantitative estimate of drug-likeness (QED) is 0.0321. The van der Waals surface area contributed by atoms with Gasteiger partial charge in [-0.1, -0.05) is 289 Å². The Balaban J connectivity index is 3.34. The summed E-state index contributed by atoms with van der Waals surface area (Å²) in [4.78, 5) is 24.5. The molecule has 2 unspecified atom stereocenters. The minimum Gasteiger partial charge on any atom is -0.466 e. The normalized spacial score (nSPS) is 12.6. The largest absolute Gasteiger partial charge is 0.466 e. The Morgan fingerprint density at radius 3 is 1.09 bits per heavy atom. The molecule has 0 aliphatic rings. The smallest absolute Gasteiger partial charge is 0.305 e. The van der Waals surface area contributed by atoms with Crippen LogP contribution < -0.4 is 5.32 Å². The van der Waals surface area contributed by atoms with Gasteiger partial charge in [-0.2, -0.15) is 0 Å². The van der Waals surface area contributed by atoms with Gasteiger partial charge in [0.05, 0.1) is 25.4 Å². The Labute approximate surface area is 419 Å². The number of hydrogen-bond acceptors (Lipinski definition) is 5. The maximum absolute atomic E-state index is 12.5. The highest BCUT2D eigenvalue weighted by Crippen LogP contribution is 2.18. The van der Waals surface area contributed by atoms with Crippen LogP contribution in [0, 0.1) is 0 Å². The summed E-state index contributed by atoms with van der Waals surface area (Å²) in [7, 11) is 0. The lowest BCUT2D eigenvalue weighted by molar-refractivity contribution is -0.143. The second-order valence-corrected chi connectivity index (χ2v) is 21.0. The lowest BCUT2D eigenvalue weighted by Gasteiger charge is -2.22.